The minimum atomic E-state index is 0.621. The Morgan fingerprint density at radius 3 is 2.73 bits per heavy atom. The molecule has 15 heavy (non-hydrogen) atoms. The van der Waals surface area contributed by atoms with Crippen LogP contribution in [0.15, 0.2) is 12.5 Å². The molecule has 0 radical (unpaired) electrons. The molecule has 1 rings (SSSR count). The zero-order valence-corrected chi connectivity index (χ0v) is 10.1. The van der Waals surface area contributed by atoms with E-state index < -0.39 is 0 Å². The number of rotatable bonds is 7. The van der Waals surface area contributed by atoms with E-state index in [9.17, 15) is 0 Å². The van der Waals surface area contributed by atoms with Gasteiger partial charge in [0.05, 0.1) is 6.33 Å². The summed E-state index contributed by atoms with van der Waals surface area (Å²) >= 11 is 0. The zero-order valence-electron chi connectivity index (χ0n) is 10.1. The molecule has 1 atom stereocenters. The van der Waals surface area contributed by atoms with Gasteiger partial charge in [-0.15, -0.1) is 0 Å². The number of nitrogens with zero attached hydrogens (tertiary/aromatic N) is 1. The molecule has 0 bridgehead atoms. The van der Waals surface area contributed by atoms with E-state index in [1.165, 1.54) is 18.5 Å². The number of hydrogen-bond acceptors (Lipinski definition) is 2. The maximum absolute atomic E-state index is 4.00. The molecular formula is C12H23N3. The molecule has 1 unspecified atom stereocenters. The molecule has 0 aliphatic rings. The van der Waals surface area contributed by atoms with Gasteiger partial charge in [0.2, 0.25) is 0 Å². The van der Waals surface area contributed by atoms with E-state index >= 15 is 0 Å². The highest BCUT2D eigenvalue weighted by atomic mass is 14.9. The Morgan fingerprint density at radius 1 is 1.33 bits per heavy atom. The van der Waals surface area contributed by atoms with Crippen LogP contribution in [0.25, 0.3) is 0 Å². The Morgan fingerprint density at radius 2 is 2.13 bits per heavy atom. The number of hydrogen-bond donors (Lipinski definition) is 2. The highest BCUT2D eigenvalue weighted by Gasteiger charge is 2.02. The first-order valence-corrected chi connectivity index (χ1v) is 5.89. The summed E-state index contributed by atoms with van der Waals surface area (Å²) in [6, 6.07) is 0.621. The van der Waals surface area contributed by atoms with Crippen molar-refractivity contribution in [3.63, 3.8) is 0 Å². The number of nitrogens with one attached hydrogen (secondary N) is 2. The second-order valence-corrected chi connectivity index (χ2v) is 4.65. The maximum Gasteiger partial charge on any atom is 0.0921 e. The summed E-state index contributed by atoms with van der Waals surface area (Å²) in [6.07, 6.45) is 7.23. The quantitative estimate of drug-likeness (QED) is 0.724. The number of H-pyrrole nitrogens is 1. The molecular weight excluding hydrogens is 186 g/mol. The third kappa shape index (κ3) is 5.57. The molecule has 86 valence electrons. The van der Waals surface area contributed by atoms with Crippen molar-refractivity contribution in [3.05, 3.63) is 18.2 Å². The molecule has 2 N–H and O–H groups in total. The highest BCUT2D eigenvalue weighted by molar-refractivity contribution is 4.94. The van der Waals surface area contributed by atoms with Gasteiger partial charge in [-0.05, 0) is 25.7 Å². The summed E-state index contributed by atoms with van der Waals surface area (Å²) in [5.41, 5.74) is 1.21. The fourth-order valence-corrected chi connectivity index (χ4v) is 1.56. The van der Waals surface area contributed by atoms with E-state index in [1.807, 2.05) is 6.20 Å². The Bertz CT molecular complexity index is 241. The van der Waals surface area contributed by atoms with Crippen molar-refractivity contribution in [3.8, 4) is 0 Å². The smallest absolute Gasteiger partial charge is 0.0921 e. The monoisotopic (exact) mass is 209 g/mol. The van der Waals surface area contributed by atoms with Crippen molar-refractivity contribution < 1.29 is 0 Å². The van der Waals surface area contributed by atoms with E-state index in [1.54, 1.807) is 6.33 Å². The summed E-state index contributed by atoms with van der Waals surface area (Å²) in [7, 11) is 0. The molecule has 1 heterocycles. The fraction of sp³-hybridized carbons (Fsp3) is 0.750. The molecule has 0 aromatic carbocycles. The molecule has 0 fully saturated rings. The Hall–Kier alpha value is -0.830. The summed E-state index contributed by atoms with van der Waals surface area (Å²) in [4.78, 5) is 7.11. The number of aromatic nitrogens is 2. The van der Waals surface area contributed by atoms with Crippen LogP contribution in [0.2, 0.25) is 0 Å². The average Bonchev–Trinajstić information content (AvgIpc) is 2.67. The molecule has 3 heteroatoms. The molecule has 0 amide bonds. The topological polar surface area (TPSA) is 40.7 Å². The van der Waals surface area contributed by atoms with Crippen molar-refractivity contribution in [2.24, 2.45) is 5.92 Å². The van der Waals surface area contributed by atoms with Gasteiger partial charge in [-0.2, -0.15) is 0 Å². The van der Waals surface area contributed by atoms with Crippen LogP contribution in [0, 0.1) is 5.92 Å². The van der Waals surface area contributed by atoms with Gasteiger partial charge in [-0.25, -0.2) is 4.98 Å². The third-order valence-electron chi connectivity index (χ3n) is 2.62. The zero-order chi connectivity index (χ0) is 11.1. The first-order chi connectivity index (χ1) is 7.18. The molecule has 3 nitrogen and oxygen atoms in total. The van der Waals surface area contributed by atoms with Gasteiger partial charge < -0.3 is 10.3 Å². The van der Waals surface area contributed by atoms with E-state index in [-0.39, 0.29) is 0 Å². The van der Waals surface area contributed by atoms with Gasteiger partial charge in [0.1, 0.15) is 0 Å². The first kappa shape index (κ1) is 12.2. The molecule has 0 spiro atoms. The van der Waals surface area contributed by atoms with Gasteiger partial charge in [0.25, 0.3) is 0 Å². The molecule has 0 saturated heterocycles. The fourth-order valence-electron chi connectivity index (χ4n) is 1.56. The second-order valence-electron chi connectivity index (χ2n) is 4.65. The Kier molecular flexibility index (Phi) is 5.40. The first-order valence-electron chi connectivity index (χ1n) is 5.89. The van der Waals surface area contributed by atoms with Crippen LogP contribution in [-0.2, 0) is 6.42 Å². The van der Waals surface area contributed by atoms with Crippen LogP contribution < -0.4 is 5.32 Å². The van der Waals surface area contributed by atoms with Crippen molar-refractivity contribution in [1.82, 2.24) is 15.3 Å². The van der Waals surface area contributed by atoms with Crippen LogP contribution in [0.1, 0.15) is 39.3 Å². The lowest BCUT2D eigenvalue weighted by molar-refractivity contribution is 0.453. The third-order valence-corrected chi connectivity index (χ3v) is 2.62. The average molecular weight is 209 g/mol. The van der Waals surface area contributed by atoms with Crippen molar-refractivity contribution in [2.45, 2.75) is 46.1 Å². The number of imidazole rings is 1. The predicted molar refractivity (Wildman–Crippen MR) is 63.8 cm³/mol. The molecule has 0 aliphatic carbocycles. The van der Waals surface area contributed by atoms with Crippen LogP contribution in [0.3, 0.4) is 0 Å². The summed E-state index contributed by atoms with van der Waals surface area (Å²) in [5.74, 6) is 0.807. The van der Waals surface area contributed by atoms with Gasteiger partial charge in [-0.3, -0.25) is 0 Å². The molecule has 0 aliphatic heterocycles. The molecule has 1 aromatic heterocycles. The predicted octanol–water partition coefficient (Wildman–Crippen LogP) is 2.37. The largest absolute Gasteiger partial charge is 0.348 e. The summed E-state index contributed by atoms with van der Waals surface area (Å²) in [6.45, 7) is 7.84. The van der Waals surface area contributed by atoms with Crippen molar-refractivity contribution in [2.75, 3.05) is 6.54 Å². The van der Waals surface area contributed by atoms with Gasteiger partial charge in [-0.1, -0.05) is 13.8 Å². The lowest BCUT2D eigenvalue weighted by Gasteiger charge is -2.14. The second kappa shape index (κ2) is 6.62. The van der Waals surface area contributed by atoms with Crippen LogP contribution in [0.4, 0.5) is 0 Å². The van der Waals surface area contributed by atoms with E-state index in [4.69, 9.17) is 0 Å². The van der Waals surface area contributed by atoms with Crippen molar-refractivity contribution in [1.29, 1.82) is 0 Å². The van der Waals surface area contributed by atoms with Crippen LogP contribution >= 0.6 is 0 Å². The SMILES string of the molecule is CC(C)CCC(C)NCCc1cnc[nH]1. The van der Waals surface area contributed by atoms with Crippen LogP contribution in [0.5, 0.6) is 0 Å². The van der Waals surface area contributed by atoms with Gasteiger partial charge in [0, 0.05) is 30.9 Å². The highest BCUT2D eigenvalue weighted by Crippen LogP contribution is 2.06. The Balaban J connectivity index is 2.04. The molecule has 0 saturated carbocycles. The van der Waals surface area contributed by atoms with Gasteiger partial charge in [0.15, 0.2) is 0 Å². The Labute approximate surface area is 92.7 Å². The standard InChI is InChI=1S/C12H23N3/c1-10(2)4-5-11(3)14-7-6-12-8-13-9-15-12/h8-11,14H,4-7H2,1-3H3,(H,13,15). The maximum atomic E-state index is 4.00. The minimum absolute atomic E-state index is 0.621. The lowest BCUT2D eigenvalue weighted by Crippen LogP contribution is -2.28. The lowest BCUT2D eigenvalue weighted by atomic mass is 10.0. The number of aromatic amines is 1. The van der Waals surface area contributed by atoms with Crippen molar-refractivity contribution >= 4 is 0 Å². The summed E-state index contributed by atoms with van der Waals surface area (Å²) in [5, 5.41) is 3.53. The van der Waals surface area contributed by atoms with E-state index in [0.29, 0.717) is 6.04 Å². The normalized spacial score (nSPS) is 13.3. The van der Waals surface area contributed by atoms with E-state index in [2.05, 4.69) is 36.1 Å². The summed E-state index contributed by atoms with van der Waals surface area (Å²) < 4.78 is 0. The minimum Gasteiger partial charge on any atom is -0.348 e. The van der Waals surface area contributed by atoms with Gasteiger partial charge >= 0.3 is 0 Å². The molecule has 1 aromatic rings. The van der Waals surface area contributed by atoms with Crippen LogP contribution in [-0.4, -0.2) is 22.6 Å². The van der Waals surface area contributed by atoms with E-state index in [0.717, 1.165) is 18.9 Å².